The van der Waals surface area contributed by atoms with Gasteiger partial charge in [-0.1, -0.05) is 22.0 Å². The van der Waals surface area contributed by atoms with Crippen LogP contribution in [0.5, 0.6) is 5.75 Å². The first kappa shape index (κ1) is 16.5. The number of nitriles is 1. The lowest BCUT2D eigenvalue weighted by Gasteiger charge is -2.34. The summed E-state index contributed by atoms with van der Waals surface area (Å²) in [5.41, 5.74) is 7.68. The molecule has 6 nitrogen and oxygen atoms in total. The molecule has 2 aromatic rings. The molecule has 2 aliphatic heterocycles. The van der Waals surface area contributed by atoms with Crippen molar-refractivity contribution >= 4 is 33.2 Å². The molecule has 0 aliphatic carbocycles. The Morgan fingerprint density at radius 3 is 2.69 bits per heavy atom. The fourth-order valence-corrected chi connectivity index (χ4v) is 3.96. The number of amides is 1. The van der Waals surface area contributed by atoms with Crippen molar-refractivity contribution in [2.75, 3.05) is 24.3 Å². The van der Waals surface area contributed by atoms with Crippen molar-refractivity contribution in [3.05, 3.63) is 63.5 Å². The number of hydrogen-bond donors (Lipinski definition) is 2. The van der Waals surface area contributed by atoms with Gasteiger partial charge in [0.1, 0.15) is 22.8 Å². The molecule has 26 heavy (non-hydrogen) atoms. The molecular weight excluding hydrogens is 396 g/mol. The fraction of sp³-hybridized carbons (Fsp3) is 0.158. The molecule has 0 saturated heterocycles. The molecule has 0 aromatic heterocycles. The summed E-state index contributed by atoms with van der Waals surface area (Å²) in [5.74, 6) is 0.0989. The summed E-state index contributed by atoms with van der Waals surface area (Å²) in [4.78, 5) is 15.1. The predicted molar refractivity (Wildman–Crippen MR) is 102 cm³/mol. The molecule has 130 valence electrons. The van der Waals surface area contributed by atoms with Gasteiger partial charge in [0.15, 0.2) is 0 Å². The molecule has 0 bridgehead atoms. The third-order valence-corrected chi connectivity index (χ3v) is 5.31. The number of carbonyl (C=O) groups is 1. The average molecular weight is 411 g/mol. The largest absolute Gasteiger partial charge is 0.440 e. The van der Waals surface area contributed by atoms with E-state index < -0.39 is 5.41 Å². The minimum atomic E-state index is -1.32. The predicted octanol–water partition coefficient (Wildman–Crippen LogP) is 2.84. The van der Waals surface area contributed by atoms with Gasteiger partial charge in [-0.15, -0.1) is 0 Å². The Kier molecular flexibility index (Phi) is 3.49. The maximum atomic E-state index is 13.2. The van der Waals surface area contributed by atoms with Gasteiger partial charge in [0.25, 0.3) is 0 Å². The monoisotopic (exact) mass is 410 g/mol. The van der Waals surface area contributed by atoms with E-state index in [-0.39, 0.29) is 17.4 Å². The summed E-state index contributed by atoms with van der Waals surface area (Å²) in [6.07, 6.45) is 0. The van der Waals surface area contributed by atoms with Crippen molar-refractivity contribution in [3.63, 3.8) is 0 Å². The number of carbonyl (C=O) groups excluding carboxylic acids is 1. The van der Waals surface area contributed by atoms with Gasteiger partial charge in [0.2, 0.25) is 11.8 Å². The number of halogens is 1. The van der Waals surface area contributed by atoms with Crippen LogP contribution in [-0.2, 0) is 10.2 Å². The van der Waals surface area contributed by atoms with Crippen molar-refractivity contribution in [2.45, 2.75) is 5.41 Å². The fourth-order valence-electron chi connectivity index (χ4n) is 3.60. The number of nitrogens with one attached hydrogen (secondary N) is 1. The van der Waals surface area contributed by atoms with Crippen LogP contribution in [0.25, 0.3) is 0 Å². The molecule has 0 unspecified atom stereocenters. The second kappa shape index (κ2) is 5.51. The average Bonchev–Trinajstić information content (AvgIpc) is 2.87. The lowest BCUT2D eigenvalue weighted by Crippen LogP contribution is -2.42. The van der Waals surface area contributed by atoms with Gasteiger partial charge in [-0.05, 0) is 24.3 Å². The second-order valence-corrected chi connectivity index (χ2v) is 7.34. The molecule has 0 saturated carbocycles. The maximum absolute atomic E-state index is 13.2. The summed E-state index contributed by atoms with van der Waals surface area (Å²) < 4.78 is 6.53. The van der Waals surface area contributed by atoms with E-state index in [0.717, 1.165) is 10.2 Å². The van der Waals surface area contributed by atoms with Gasteiger partial charge in [0.05, 0.1) is 0 Å². The van der Waals surface area contributed by atoms with Crippen LogP contribution in [0.2, 0.25) is 0 Å². The van der Waals surface area contributed by atoms with Crippen LogP contribution >= 0.6 is 15.9 Å². The lowest BCUT2D eigenvalue weighted by molar-refractivity contribution is -0.118. The summed E-state index contributed by atoms with van der Waals surface area (Å²) in [5, 5.41) is 12.7. The first-order valence-electron chi connectivity index (χ1n) is 7.91. The summed E-state index contributed by atoms with van der Waals surface area (Å²) in [7, 11) is 3.82. The quantitative estimate of drug-likeness (QED) is 0.753. The second-order valence-electron chi connectivity index (χ2n) is 6.42. The molecule has 1 amide bonds. The third-order valence-electron chi connectivity index (χ3n) is 4.81. The molecule has 1 atom stereocenters. The molecule has 0 fully saturated rings. The number of benzene rings is 2. The molecule has 4 rings (SSSR count). The van der Waals surface area contributed by atoms with E-state index in [1.807, 2.05) is 49.3 Å². The van der Waals surface area contributed by atoms with Gasteiger partial charge in [-0.3, -0.25) is 4.79 Å². The van der Waals surface area contributed by atoms with Crippen molar-refractivity contribution < 1.29 is 9.53 Å². The van der Waals surface area contributed by atoms with Crippen molar-refractivity contribution in [2.24, 2.45) is 5.73 Å². The molecule has 2 aromatic carbocycles. The number of fused-ring (bicyclic) bond motifs is 4. The Morgan fingerprint density at radius 2 is 2.00 bits per heavy atom. The number of hydrogen-bond acceptors (Lipinski definition) is 5. The van der Waals surface area contributed by atoms with Gasteiger partial charge >= 0.3 is 0 Å². The molecule has 0 radical (unpaired) electrons. The standard InChI is InChI=1S/C19H15BrN4O2/c1-24(2)11-4-5-12-16(8-11)26-17(22)14(9-21)19(12)13-7-10(20)3-6-15(13)23-18(19)25/h3-8H,22H2,1-2H3,(H,23,25)/t19-/m1/s1. The Morgan fingerprint density at radius 1 is 1.23 bits per heavy atom. The number of nitrogens with zero attached hydrogens (tertiary/aromatic N) is 2. The maximum Gasteiger partial charge on any atom is 0.245 e. The minimum Gasteiger partial charge on any atom is -0.440 e. The highest BCUT2D eigenvalue weighted by molar-refractivity contribution is 9.10. The summed E-state index contributed by atoms with van der Waals surface area (Å²) >= 11 is 3.46. The van der Waals surface area contributed by atoms with Gasteiger partial charge < -0.3 is 20.7 Å². The first-order valence-corrected chi connectivity index (χ1v) is 8.70. The highest BCUT2D eigenvalue weighted by atomic mass is 79.9. The van der Waals surface area contributed by atoms with Crippen LogP contribution < -0.4 is 20.7 Å². The summed E-state index contributed by atoms with van der Waals surface area (Å²) in [6, 6.07) is 13.1. The van der Waals surface area contributed by atoms with E-state index >= 15 is 0 Å². The van der Waals surface area contributed by atoms with E-state index in [1.165, 1.54) is 0 Å². The van der Waals surface area contributed by atoms with Crippen LogP contribution in [0.1, 0.15) is 11.1 Å². The van der Waals surface area contributed by atoms with Crippen LogP contribution in [0.4, 0.5) is 11.4 Å². The number of rotatable bonds is 1. The van der Waals surface area contributed by atoms with Crippen molar-refractivity contribution in [3.8, 4) is 11.8 Å². The highest BCUT2D eigenvalue weighted by Gasteiger charge is 2.56. The molecule has 2 heterocycles. The molecule has 3 N–H and O–H groups in total. The topological polar surface area (TPSA) is 91.4 Å². The van der Waals surface area contributed by atoms with Gasteiger partial charge in [0, 0.05) is 47.1 Å². The van der Waals surface area contributed by atoms with Crippen molar-refractivity contribution in [1.82, 2.24) is 0 Å². The van der Waals surface area contributed by atoms with Crippen LogP contribution in [-0.4, -0.2) is 20.0 Å². The zero-order chi connectivity index (χ0) is 18.6. The van der Waals surface area contributed by atoms with E-state index in [9.17, 15) is 10.1 Å². The van der Waals surface area contributed by atoms with Crippen molar-refractivity contribution in [1.29, 1.82) is 5.26 Å². The molecular formula is C19H15BrN4O2. The third kappa shape index (κ3) is 1.99. The molecule has 7 heteroatoms. The first-order chi connectivity index (χ1) is 12.4. The van der Waals surface area contributed by atoms with Crippen LogP contribution in [0, 0.1) is 11.3 Å². The number of anilines is 2. The van der Waals surface area contributed by atoms with E-state index in [0.29, 0.717) is 22.6 Å². The number of nitrogens with two attached hydrogens (primary N) is 1. The molecule has 1 spiro atoms. The lowest BCUT2D eigenvalue weighted by atomic mass is 9.69. The van der Waals surface area contributed by atoms with E-state index in [2.05, 4.69) is 27.3 Å². The Hall–Kier alpha value is -2.98. The highest BCUT2D eigenvalue weighted by Crippen LogP contribution is 2.54. The van der Waals surface area contributed by atoms with Gasteiger partial charge in [-0.2, -0.15) is 5.26 Å². The Labute approximate surface area is 159 Å². The number of ether oxygens (including phenoxy) is 1. The van der Waals surface area contributed by atoms with Crippen LogP contribution in [0.3, 0.4) is 0 Å². The van der Waals surface area contributed by atoms with Crippen LogP contribution in [0.15, 0.2) is 52.3 Å². The minimum absolute atomic E-state index is 0.0566. The van der Waals surface area contributed by atoms with E-state index in [1.54, 1.807) is 6.07 Å². The normalized spacial score (nSPS) is 20.2. The smallest absolute Gasteiger partial charge is 0.245 e. The zero-order valence-electron chi connectivity index (χ0n) is 14.1. The van der Waals surface area contributed by atoms with Gasteiger partial charge in [-0.25, -0.2) is 0 Å². The SMILES string of the molecule is CN(C)c1ccc2c(c1)OC(N)=C(C#N)[C@@]21C(=O)Nc2ccc(Br)cc21. The Balaban J connectivity index is 2.10. The zero-order valence-corrected chi connectivity index (χ0v) is 15.7. The van der Waals surface area contributed by atoms with E-state index in [4.69, 9.17) is 10.5 Å². The Bertz CT molecular complexity index is 1040. The molecule has 2 aliphatic rings. The summed E-state index contributed by atoms with van der Waals surface area (Å²) in [6.45, 7) is 0.